The van der Waals surface area contributed by atoms with E-state index in [2.05, 4.69) is 30.1 Å². The summed E-state index contributed by atoms with van der Waals surface area (Å²) < 4.78 is 0. The van der Waals surface area contributed by atoms with Gasteiger partial charge in [-0.2, -0.15) is 0 Å². The fourth-order valence-corrected chi connectivity index (χ4v) is 1.96. The predicted octanol–water partition coefficient (Wildman–Crippen LogP) is 2.43. The number of hydrogen-bond acceptors (Lipinski definition) is 2. The predicted molar refractivity (Wildman–Crippen MR) is 69.6 cm³/mol. The quantitative estimate of drug-likeness (QED) is 0.777. The van der Waals surface area contributed by atoms with Crippen LogP contribution in [0.5, 0.6) is 0 Å². The minimum atomic E-state index is -0.352. The summed E-state index contributed by atoms with van der Waals surface area (Å²) >= 11 is 0. The second kappa shape index (κ2) is 4.49. The van der Waals surface area contributed by atoms with Crippen molar-refractivity contribution in [2.75, 3.05) is 0 Å². The van der Waals surface area contributed by atoms with E-state index in [9.17, 15) is 4.79 Å². The van der Waals surface area contributed by atoms with Crippen LogP contribution in [-0.4, -0.2) is 17.3 Å². The number of carbonyl (C=O) groups excluding carboxylic acids is 1. The second-order valence-electron chi connectivity index (χ2n) is 4.15. The summed E-state index contributed by atoms with van der Waals surface area (Å²) in [7, 11) is 0. The van der Waals surface area contributed by atoms with Gasteiger partial charge in [-0.05, 0) is 30.9 Å². The molecule has 3 nitrogen and oxygen atoms in total. The number of para-hydroxylation sites is 1. The van der Waals surface area contributed by atoms with E-state index in [1.165, 1.54) is 22.0 Å². The number of aromatic nitrogens is 1. The largest absolute Gasteiger partial charge is 0.361 e. The molecule has 88 valence electrons. The first kappa shape index (κ1) is 10.9. The smallest absolute Gasteiger partial charge is 0.136 e. The van der Waals surface area contributed by atoms with Gasteiger partial charge in [0.05, 0.1) is 6.04 Å². The van der Waals surface area contributed by atoms with Crippen molar-refractivity contribution in [1.82, 2.24) is 4.98 Å². The highest BCUT2D eigenvalue weighted by Gasteiger charge is 2.07. The average molecular weight is 220 g/mol. The van der Waals surface area contributed by atoms with Crippen LogP contribution < -0.4 is 5.73 Å². The lowest BCUT2D eigenvalue weighted by atomic mass is 10.0. The van der Waals surface area contributed by atoms with Crippen LogP contribution in [0.25, 0.3) is 10.9 Å². The zero-order chi connectivity index (χ0) is 11.5. The Labute approximate surface area is 97.6 Å². The molecule has 0 saturated carbocycles. The van der Waals surface area contributed by atoms with Gasteiger partial charge < -0.3 is 15.5 Å². The summed E-state index contributed by atoms with van der Waals surface area (Å²) in [6.07, 6.45) is 4.35. The van der Waals surface area contributed by atoms with Gasteiger partial charge in [-0.25, -0.2) is 0 Å². The van der Waals surface area contributed by atoms with Crippen molar-refractivity contribution >= 4 is 17.2 Å². The maximum Gasteiger partial charge on any atom is 0.136 e. The van der Waals surface area contributed by atoms with Crippen molar-refractivity contribution < 1.29 is 7.65 Å². The summed E-state index contributed by atoms with van der Waals surface area (Å²) in [5.41, 5.74) is 9.23. The first-order valence-electron chi connectivity index (χ1n) is 5.49. The molecule has 1 atom stereocenters. The number of fused-ring (bicyclic) bond motifs is 1. The summed E-state index contributed by atoms with van der Waals surface area (Å²) in [4.78, 5) is 13.7. The molecule has 0 aliphatic heterocycles. The molecule has 1 aromatic heterocycles. The molecule has 0 aliphatic rings. The number of nitrogens with two attached hydrogens (primary N) is 1. The summed E-state index contributed by atoms with van der Waals surface area (Å²) in [5.74, 6) is 0. The molecule has 1 aromatic carbocycles. The molecule has 1 heterocycles. The molecule has 0 aliphatic carbocycles. The van der Waals surface area contributed by atoms with Crippen molar-refractivity contribution in [2.45, 2.75) is 25.8 Å². The zero-order valence-electron chi connectivity index (χ0n) is 9.36. The van der Waals surface area contributed by atoms with Crippen molar-refractivity contribution in [3.63, 3.8) is 0 Å². The van der Waals surface area contributed by atoms with Crippen molar-refractivity contribution in [2.24, 2.45) is 5.73 Å². The molecule has 2 aromatic rings. The fourth-order valence-electron chi connectivity index (χ4n) is 1.96. The third-order valence-electron chi connectivity index (χ3n) is 2.93. The third kappa shape index (κ3) is 1.99. The molecule has 0 spiro atoms. The lowest BCUT2D eigenvalue weighted by molar-refractivity contribution is -0.109. The molecule has 0 saturated heterocycles. The molecule has 16 heavy (non-hydrogen) atoms. The molecule has 3 N–H and O–H groups in total. The summed E-state index contributed by atoms with van der Waals surface area (Å²) in [5, 5.41) is 1.23. The van der Waals surface area contributed by atoms with Crippen LogP contribution in [0.2, 0.25) is 0 Å². The van der Waals surface area contributed by atoms with Gasteiger partial charge in [-0.3, -0.25) is 0 Å². The zero-order valence-corrected chi connectivity index (χ0v) is 9.36. The van der Waals surface area contributed by atoms with Crippen molar-refractivity contribution in [3.05, 3.63) is 35.5 Å². The molecule has 2 rings (SSSR count). The van der Waals surface area contributed by atoms with Gasteiger partial charge >= 0.3 is 0 Å². The van der Waals surface area contributed by atoms with Crippen LogP contribution in [0.15, 0.2) is 24.4 Å². The lowest BCUT2D eigenvalue weighted by Gasteiger charge is -2.02. The topological polar surface area (TPSA) is 58.9 Å². The Hall–Kier alpha value is -1.61. The molecular weight excluding hydrogens is 200 g/mol. The van der Waals surface area contributed by atoms with E-state index in [1.807, 2.05) is 6.20 Å². The lowest BCUT2D eigenvalue weighted by Crippen LogP contribution is -2.21. The number of H-pyrrole nitrogens is 1. The Morgan fingerprint density at radius 2 is 2.38 bits per heavy atom. The normalized spacial score (nSPS) is 12.9. The van der Waals surface area contributed by atoms with Crippen molar-refractivity contribution in [3.8, 4) is 0 Å². The van der Waals surface area contributed by atoms with Crippen molar-refractivity contribution in [1.29, 1.82) is 0 Å². The van der Waals surface area contributed by atoms with Gasteiger partial charge in [0.1, 0.15) is 6.29 Å². The van der Waals surface area contributed by atoms with Crippen LogP contribution in [0.1, 0.15) is 20.4 Å². The van der Waals surface area contributed by atoms with Crippen LogP contribution in [0.3, 0.4) is 0 Å². The van der Waals surface area contributed by atoms with E-state index >= 15 is 0 Å². The molecule has 1 unspecified atom stereocenters. The Bertz CT molecular complexity index is 511. The highest BCUT2D eigenvalue weighted by molar-refractivity contribution is 5.85. The second-order valence-corrected chi connectivity index (χ2v) is 4.15. The number of aromatic amines is 1. The van der Waals surface area contributed by atoms with E-state index in [-0.39, 0.29) is 8.90 Å². The van der Waals surface area contributed by atoms with Gasteiger partial charge in [0.2, 0.25) is 0 Å². The highest BCUT2D eigenvalue weighted by Crippen LogP contribution is 2.22. The van der Waals surface area contributed by atoms with Crippen LogP contribution in [0.4, 0.5) is 0 Å². The van der Waals surface area contributed by atoms with E-state index < -0.39 is 0 Å². The van der Waals surface area contributed by atoms with E-state index in [1.54, 1.807) is 0 Å². The maximum absolute atomic E-state index is 10.4. The van der Waals surface area contributed by atoms with E-state index in [0.717, 1.165) is 12.7 Å². The third-order valence-corrected chi connectivity index (χ3v) is 2.93. The van der Waals surface area contributed by atoms with Gasteiger partial charge in [-0.15, -0.1) is 0 Å². The van der Waals surface area contributed by atoms with Gasteiger partial charge in [0.15, 0.2) is 0 Å². The number of carbonyl (C=O) groups is 1. The summed E-state index contributed by atoms with van der Waals surface area (Å²) in [6, 6.07) is 5.88. The first-order valence-corrected chi connectivity index (χ1v) is 5.49. The molecule has 0 amide bonds. The number of hydrogen-bond donors (Lipinski definition) is 2. The average Bonchev–Trinajstić information content (AvgIpc) is 2.70. The highest BCUT2D eigenvalue weighted by atomic mass is 16.1. The van der Waals surface area contributed by atoms with Gasteiger partial charge in [-0.1, -0.05) is 18.2 Å². The monoisotopic (exact) mass is 220 g/mol. The Morgan fingerprint density at radius 3 is 3.12 bits per heavy atom. The Kier molecular flexibility index (Phi) is 3.06. The number of aryl methyl sites for hydroxylation is 2. The molecule has 0 fully saturated rings. The molecule has 0 bridgehead atoms. The Morgan fingerprint density at radius 1 is 1.56 bits per heavy atom. The standard InChI is InChI=1S/C13H16N2O.2H2/c1-9-3-2-4-12-10(7-15-13(9)12)5-6-11(14)8-16;;/h2-4,7-8,11,15H,5-6,14H2,1H3;2*1H. The first-order chi connectivity index (χ1) is 7.72. The Balaban J connectivity index is 0.00000144. The molecule has 3 heteroatoms. The number of nitrogens with one attached hydrogen (secondary N) is 1. The van der Waals surface area contributed by atoms with E-state index in [4.69, 9.17) is 5.73 Å². The van der Waals surface area contributed by atoms with Crippen LogP contribution in [-0.2, 0) is 11.2 Å². The number of benzene rings is 1. The SMILES string of the molecule is Cc1cccc2c(CCC(N)C=O)c[nH]c12.[HH].[HH]. The van der Waals surface area contributed by atoms with Gasteiger partial charge in [0.25, 0.3) is 0 Å². The van der Waals surface area contributed by atoms with Gasteiger partial charge in [0, 0.05) is 20.0 Å². The van der Waals surface area contributed by atoms with Crippen LogP contribution in [0, 0.1) is 6.92 Å². The molecule has 0 radical (unpaired) electrons. The number of rotatable bonds is 4. The number of aldehydes is 1. The fraction of sp³-hybridized carbons (Fsp3) is 0.308. The minimum absolute atomic E-state index is 0. The summed E-state index contributed by atoms with van der Waals surface area (Å²) in [6.45, 7) is 2.08. The minimum Gasteiger partial charge on any atom is -0.361 e. The molecular formula is C13H20N2O. The maximum atomic E-state index is 10.4. The van der Waals surface area contributed by atoms with E-state index in [0.29, 0.717) is 6.42 Å². The van der Waals surface area contributed by atoms with Crippen LogP contribution >= 0.6 is 0 Å².